The van der Waals surface area contributed by atoms with Gasteiger partial charge in [-0.2, -0.15) is 0 Å². The van der Waals surface area contributed by atoms with Gasteiger partial charge in [0.15, 0.2) is 0 Å². The number of hydrogen-bond acceptors (Lipinski definition) is 7. The largest absolute Gasteiger partial charge is 0.347 e. The van der Waals surface area contributed by atoms with Crippen LogP contribution in [0.3, 0.4) is 0 Å². The van der Waals surface area contributed by atoms with E-state index in [1.807, 2.05) is 36.0 Å². The van der Waals surface area contributed by atoms with Crippen molar-refractivity contribution in [2.75, 3.05) is 25.5 Å². The van der Waals surface area contributed by atoms with Gasteiger partial charge in [-0.1, -0.05) is 12.1 Å². The molecular weight excluding hydrogens is 445 g/mol. The van der Waals surface area contributed by atoms with Crippen LogP contribution in [0.5, 0.6) is 0 Å². The molecule has 176 valence electrons. The van der Waals surface area contributed by atoms with Gasteiger partial charge in [-0.15, -0.1) is 0 Å². The molecule has 1 aliphatic rings. The monoisotopic (exact) mass is 469 g/mol. The van der Waals surface area contributed by atoms with Crippen molar-refractivity contribution in [2.45, 2.75) is 18.9 Å². The van der Waals surface area contributed by atoms with Gasteiger partial charge >= 0.3 is 0 Å². The Bertz CT molecular complexity index is 1360. The fraction of sp³-hybridized carbons (Fsp3) is 0.231. The Balaban J connectivity index is 1.53. The van der Waals surface area contributed by atoms with Crippen LogP contribution in [0.2, 0.25) is 0 Å². The minimum atomic E-state index is -0.336. The summed E-state index contributed by atoms with van der Waals surface area (Å²) in [6.45, 7) is 0.589. The molecule has 1 aromatic carbocycles. The van der Waals surface area contributed by atoms with Crippen molar-refractivity contribution in [3.05, 3.63) is 84.7 Å². The van der Waals surface area contributed by atoms with E-state index in [0.717, 1.165) is 24.0 Å². The van der Waals surface area contributed by atoms with Gasteiger partial charge in [0.2, 0.25) is 5.95 Å². The molecule has 0 radical (unpaired) electrons. The van der Waals surface area contributed by atoms with E-state index in [9.17, 15) is 9.18 Å². The molecule has 1 fully saturated rings. The Morgan fingerprint density at radius 1 is 1.00 bits per heavy atom. The number of carbonyl (C=O) groups excluding carboxylic acids is 1. The summed E-state index contributed by atoms with van der Waals surface area (Å²) in [5.74, 6) is 0.0679. The maximum Gasteiger partial charge on any atom is 0.256 e. The van der Waals surface area contributed by atoms with Crippen molar-refractivity contribution >= 4 is 11.9 Å². The Morgan fingerprint density at radius 2 is 1.80 bits per heavy atom. The zero-order valence-corrected chi connectivity index (χ0v) is 19.5. The van der Waals surface area contributed by atoms with Gasteiger partial charge in [-0.3, -0.25) is 9.78 Å². The molecule has 0 bridgehead atoms. The first-order chi connectivity index (χ1) is 17.0. The third-order valence-electron chi connectivity index (χ3n) is 6.05. The maximum atomic E-state index is 14.0. The molecular formula is C26H24FN7O. The minimum absolute atomic E-state index is 0.131. The van der Waals surface area contributed by atoms with Crippen LogP contribution in [-0.2, 0) is 0 Å². The summed E-state index contributed by atoms with van der Waals surface area (Å²) in [4.78, 5) is 39.0. The summed E-state index contributed by atoms with van der Waals surface area (Å²) in [6, 6.07) is 7.90. The van der Waals surface area contributed by atoms with E-state index in [2.05, 4.69) is 19.9 Å². The molecule has 0 spiro atoms. The molecule has 3 aromatic heterocycles. The molecule has 1 unspecified atom stereocenters. The SMILES string of the molecule is CN(C)c1ncc(-c2cccc(F)c2)c(C2CCCN2C(=O)c2cncc(-c3cncnc3)c2)n1. The predicted octanol–water partition coefficient (Wildman–Crippen LogP) is 4.18. The summed E-state index contributed by atoms with van der Waals surface area (Å²) < 4.78 is 14.0. The third kappa shape index (κ3) is 4.57. The zero-order valence-electron chi connectivity index (χ0n) is 19.5. The second-order valence-electron chi connectivity index (χ2n) is 8.62. The fourth-order valence-corrected chi connectivity index (χ4v) is 4.36. The topological polar surface area (TPSA) is 88.0 Å². The lowest BCUT2D eigenvalue weighted by Crippen LogP contribution is -2.31. The summed E-state index contributed by atoms with van der Waals surface area (Å²) in [6.07, 6.45) is 11.4. The molecule has 0 N–H and O–H groups in total. The van der Waals surface area contributed by atoms with Gasteiger partial charge in [0.25, 0.3) is 5.91 Å². The molecule has 0 aliphatic carbocycles. The lowest BCUT2D eigenvalue weighted by Gasteiger charge is -2.27. The number of likely N-dealkylation sites (tertiary alicyclic amines) is 1. The van der Waals surface area contributed by atoms with Crippen LogP contribution in [0.15, 0.2) is 67.6 Å². The van der Waals surface area contributed by atoms with Crippen molar-refractivity contribution in [1.29, 1.82) is 0 Å². The number of halogens is 1. The Morgan fingerprint density at radius 3 is 2.57 bits per heavy atom. The van der Waals surface area contributed by atoms with Crippen molar-refractivity contribution in [3.63, 3.8) is 0 Å². The molecule has 8 nitrogen and oxygen atoms in total. The second kappa shape index (κ2) is 9.54. The smallest absolute Gasteiger partial charge is 0.256 e. The molecule has 4 aromatic rings. The molecule has 1 aliphatic heterocycles. The van der Waals surface area contributed by atoms with Gasteiger partial charge in [0, 0.05) is 68.3 Å². The minimum Gasteiger partial charge on any atom is -0.347 e. The van der Waals surface area contributed by atoms with E-state index in [-0.39, 0.29) is 17.8 Å². The lowest BCUT2D eigenvalue weighted by atomic mass is 9.99. The van der Waals surface area contributed by atoms with Crippen molar-refractivity contribution in [1.82, 2.24) is 29.8 Å². The highest BCUT2D eigenvalue weighted by Gasteiger charge is 2.34. The van der Waals surface area contributed by atoms with Gasteiger partial charge in [-0.05, 0) is 36.6 Å². The molecule has 0 saturated carbocycles. The van der Waals surface area contributed by atoms with Crippen molar-refractivity contribution < 1.29 is 9.18 Å². The standard InChI is InChI=1S/C26H24FN7O/c1-33(2)26-31-15-22(17-5-3-6-21(27)10-17)24(32-26)23-7-4-8-34(23)25(35)19-9-18(11-28-12-19)20-13-29-16-30-14-20/h3,5-6,9-16,23H,4,7-8H2,1-2H3. The maximum absolute atomic E-state index is 14.0. The average molecular weight is 470 g/mol. The van der Waals surface area contributed by atoms with Gasteiger partial charge in [0.05, 0.1) is 17.3 Å². The van der Waals surface area contributed by atoms with Crippen LogP contribution in [0.1, 0.15) is 34.9 Å². The van der Waals surface area contributed by atoms with Crippen LogP contribution in [-0.4, -0.2) is 56.4 Å². The molecule has 1 atom stereocenters. The molecule has 4 heterocycles. The van der Waals surface area contributed by atoms with Crippen molar-refractivity contribution in [2.24, 2.45) is 0 Å². The van der Waals surface area contributed by atoms with E-state index in [4.69, 9.17) is 4.98 Å². The van der Waals surface area contributed by atoms with Gasteiger partial charge in [0.1, 0.15) is 12.1 Å². The molecule has 9 heteroatoms. The average Bonchev–Trinajstić information content (AvgIpc) is 3.38. The molecule has 1 amide bonds. The summed E-state index contributed by atoms with van der Waals surface area (Å²) in [5.41, 5.74) is 4.13. The number of nitrogens with zero attached hydrogens (tertiary/aromatic N) is 7. The van der Waals surface area contributed by atoms with E-state index in [1.54, 1.807) is 37.1 Å². The normalized spacial score (nSPS) is 15.3. The second-order valence-corrected chi connectivity index (χ2v) is 8.62. The van der Waals surface area contributed by atoms with Crippen LogP contribution < -0.4 is 4.90 Å². The molecule has 1 saturated heterocycles. The van der Waals surface area contributed by atoms with Crippen LogP contribution in [0.25, 0.3) is 22.3 Å². The molecule has 5 rings (SSSR count). The summed E-state index contributed by atoms with van der Waals surface area (Å²) >= 11 is 0. The Labute approximate surface area is 202 Å². The predicted molar refractivity (Wildman–Crippen MR) is 130 cm³/mol. The van der Waals surface area contributed by atoms with Gasteiger partial charge in [-0.25, -0.2) is 24.3 Å². The van der Waals surface area contributed by atoms with Crippen LogP contribution in [0.4, 0.5) is 10.3 Å². The number of rotatable bonds is 5. The fourth-order valence-electron chi connectivity index (χ4n) is 4.36. The number of anilines is 1. The first-order valence-corrected chi connectivity index (χ1v) is 11.3. The number of benzene rings is 1. The number of carbonyl (C=O) groups is 1. The Kier molecular flexibility index (Phi) is 6.13. The van der Waals surface area contributed by atoms with E-state index in [0.29, 0.717) is 34.9 Å². The van der Waals surface area contributed by atoms with Gasteiger partial charge < -0.3 is 9.80 Å². The lowest BCUT2D eigenvalue weighted by molar-refractivity contribution is 0.0733. The number of amides is 1. The first-order valence-electron chi connectivity index (χ1n) is 11.3. The number of aromatic nitrogens is 5. The number of pyridine rings is 1. The highest BCUT2D eigenvalue weighted by Crippen LogP contribution is 2.38. The highest BCUT2D eigenvalue weighted by atomic mass is 19.1. The van der Waals surface area contributed by atoms with Crippen molar-refractivity contribution in [3.8, 4) is 22.3 Å². The summed E-state index contributed by atoms with van der Waals surface area (Å²) in [5, 5.41) is 0. The third-order valence-corrected chi connectivity index (χ3v) is 6.05. The highest BCUT2D eigenvalue weighted by molar-refractivity contribution is 5.95. The van der Waals surface area contributed by atoms with Crippen LogP contribution >= 0.6 is 0 Å². The molecule has 35 heavy (non-hydrogen) atoms. The van der Waals surface area contributed by atoms with Crippen LogP contribution in [0, 0.1) is 5.82 Å². The van der Waals surface area contributed by atoms with E-state index >= 15 is 0 Å². The first kappa shape index (κ1) is 22.5. The van der Waals surface area contributed by atoms with E-state index in [1.165, 1.54) is 18.5 Å². The zero-order chi connectivity index (χ0) is 24.4. The summed E-state index contributed by atoms with van der Waals surface area (Å²) in [7, 11) is 3.73. The quantitative estimate of drug-likeness (QED) is 0.433. The Hall–Kier alpha value is -4.27. The number of hydrogen-bond donors (Lipinski definition) is 0. The van der Waals surface area contributed by atoms with E-state index < -0.39 is 0 Å².